The second-order valence-corrected chi connectivity index (χ2v) is 4.57. The molecule has 0 aliphatic heterocycles. The lowest BCUT2D eigenvalue weighted by Crippen LogP contribution is -1.84. The average Bonchev–Trinajstić information content (AvgIpc) is 2.11. The summed E-state index contributed by atoms with van der Waals surface area (Å²) in [6.45, 7) is 0. The van der Waals surface area contributed by atoms with Crippen molar-refractivity contribution in [3.05, 3.63) is 12.3 Å². The van der Waals surface area contributed by atoms with Crippen LogP contribution in [-0.2, 0) is 9.05 Å². The van der Waals surface area contributed by atoms with Crippen LogP contribution >= 0.6 is 23.3 Å². The van der Waals surface area contributed by atoms with Gasteiger partial charge >= 0.3 is 0 Å². The Kier molecular flexibility index (Phi) is 1.98. The lowest BCUT2D eigenvalue weighted by molar-refractivity contribution is 0.473. The zero-order valence-corrected chi connectivity index (χ0v) is 7.08. The van der Waals surface area contributed by atoms with Crippen molar-refractivity contribution in [2.45, 2.75) is 9.99 Å². The maximum absolute atomic E-state index is 10.5. The van der Waals surface area contributed by atoms with Crippen LogP contribution in [0.4, 0.5) is 0 Å². The molecule has 0 spiro atoms. The van der Waals surface area contributed by atoms with Gasteiger partial charge in [-0.05, 0) is 0 Å². The van der Waals surface area contributed by atoms with E-state index in [-0.39, 0.29) is 9.99 Å². The number of hydrogen-bond acceptors (Lipinski definition) is 4. The second-order valence-electron chi connectivity index (χ2n) is 1.56. The summed E-state index contributed by atoms with van der Waals surface area (Å²) in [6, 6.07) is 1.23. The van der Waals surface area contributed by atoms with Crippen LogP contribution in [0.3, 0.4) is 0 Å². The first-order valence-electron chi connectivity index (χ1n) is 2.22. The molecule has 0 aliphatic carbocycles. The third kappa shape index (κ3) is 1.68. The SMILES string of the molecule is O=S(=O)(Cl)c1coc(S)c1. The predicted molar refractivity (Wildman–Crippen MR) is 39.0 cm³/mol. The van der Waals surface area contributed by atoms with E-state index in [1.807, 2.05) is 0 Å². The molecule has 6 heteroatoms. The van der Waals surface area contributed by atoms with E-state index in [1.165, 1.54) is 6.07 Å². The monoisotopic (exact) mass is 198 g/mol. The predicted octanol–water partition coefficient (Wildman–Crippen LogP) is 1.50. The summed E-state index contributed by atoms with van der Waals surface area (Å²) in [7, 11) is 1.30. The van der Waals surface area contributed by atoms with Crippen molar-refractivity contribution in [2.75, 3.05) is 0 Å². The Labute approximate surface area is 67.8 Å². The lowest BCUT2D eigenvalue weighted by Gasteiger charge is -1.82. The van der Waals surface area contributed by atoms with E-state index in [0.29, 0.717) is 0 Å². The molecule has 0 aromatic carbocycles. The van der Waals surface area contributed by atoms with E-state index >= 15 is 0 Å². The summed E-state index contributed by atoms with van der Waals surface area (Å²) in [6.07, 6.45) is 1.03. The molecule has 1 heterocycles. The maximum atomic E-state index is 10.5. The fourth-order valence-electron chi connectivity index (χ4n) is 0.436. The molecule has 0 atom stereocenters. The van der Waals surface area contributed by atoms with Crippen LogP contribution in [0.25, 0.3) is 0 Å². The summed E-state index contributed by atoms with van der Waals surface area (Å²) in [5.74, 6) is 0. The molecule has 1 aromatic heterocycles. The summed E-state index contributed by atoms with van der Waals surface area (Å²) < 4.78 is 25.6. The van der Waals surface area contributed by atoms with Gasteiger partial charge in [0.1, 0.15) is 11.2 Å². The molecule has 0 unspecified atom stereocenters. The third-order valence-corrected chi connectivity index (χ3v) is 2.39. The smallest absolute Gasteiger partial charge is 0.264 e. The Hall–Kier alpha value is -0.130. The number of halogens is 1. The average molecular weight is 199 g/mol. The number of thiol groups is 1. The second kappa shape index (κ2) is 2.48. The van der Waals surface area contributed by atoms with E-state index in [0.717, 1.165) is 6.26 Å². The molecule has 0 fully saturated rings. The Bertz CT molecular complexity index is 326. The van der Waals surface area contributed by atoms with Crippen molar-refractivity contribution >= 4 is 32.4 Å². The first-order chi connectivity index (χ1) is 4.50. The van der Waals surface area contributed by atoms with Crippen LogP contribution < -0.4 is 0 Å². The maximum Gasteiger partial charge on any atom is 0.264 e. The minimum atomic E-state index is -3.65. The molecule has 0 radical (unpaired) electrons. The van der Waals surface area contributed by atoms with Gasteiger partial charge in [-0.2, -0.15) is 0 Å². The highest BCUT2D eigenvalue weighted by molar-refractivity contribution is 8.13. The number of hydrogen-bond donors (Lipinski definition) is 1. The van der Waals surface area contributed by atoms with Gasteiger partial charge in [-0.1, -0.05) is 0 Å². The summed E-state index contributed by atoms with van der Waals surface area (Å²) >= 11 is 3.75. The summed E-state index contributed by atoms with van der Waals surface area (Å²) in [4.78, 5) is -0.0702. The molecule has 0 bridgehead atoms. The van der Waals surface area contributed by atoms with E-state index in [4.69, 9.17) is 10.7 Å². The quantitative estimate of drug-likeness (QED) is 0.550. The van der Waals surface area contributed by atoms with Crippen molar-refractivity contribution < 1.29 is 12.8 Å². The van der Waals surface area contributed by atoms with Crippen molar-refractivity contribution in [1.82, 2.24) is 0 Å². The van der Waals surface area contributed by atoms with Crippen LogP contribution in [0.5, 0.6) is 0 Å². The van der Waals surface area contributed by atoms with Gasteiger partial charge in [0.25, 0.3) is 9.05 Å². The Morgan fingerprint density at radius 1 is 1.60 bits per heavy atom. The van der Waals surface area contributed by atoms with Gasteiger partial charge < -0.3 is 4.42 Å². The minimum Gasteiger partial charge on any atom is -0.457 e. The first kappa shape index (κ1) is 7.97. The largest absolute Gasteiger partial charge is 0.457 e. The number of rotatable bonds is 1. The Balaban J connectivity index is 3.21. The highest BCUT2D eigenvalue weighted by Crippen LogP contribution is 2.19. The molecule has 56 valence electrons. The van der Waals surface area contributed by atoms with E-state index < -0.39 is 9.05 Å². The molecule has 0 saturated heterocycles. The molecular formula is C4H3ClO3S2. The first-order valence-corrected chi connectivity index (χ1v) is 4.98. The molecular weight excluding hydrogens is 196 g/mol. The standard InChI is InChI=1S/C4H3ClO3S2/c5-10(6,7)3-1-4(9)8-2-3/h1-2,9H. The molecule has 10 heavy (non-hydrogen) atoms. The van der Waals surface area contributed by atoms with Crippen molar-refractivity contribution in [2.24, 2.45) is 0 Å². The molecule has 0 saturated carbocycles. The minimum absolute atomic E-state index is 0.0702. The lowest BCUT2D eigenvalue weighted by atomic mass is 10.7. The van der Waals surface area contributed by atoms with Crippen LogP contribution in [0.15, 0.2) is 26.7 Å². The number of furan rings is 1. The fraction of sp³-hybridized carbons (Fsp3) is 0. The third-order valence-electron chi connectivity index (χ3n) is 0.843. The van der Waals surface area contributed by atoms with Crippen molar-refractivity contribution in [1.29, 1.82) is 0 Å². The normalized spacial score (nSPS) is 11.8. The molecule has 3 nitrogen and oxygen atoms in total. The fourth-order valence-corrected chi connectivity index (χ4v) is 1.37. The van der Waals surface area contributed by atoms with Gasteiger partial charge in [0.15, 0.2) is 5.09 Å². The molecule has 0 aliphatic rings. The zero-order valence-electron chi connectivity index (χ0n) is 4.61. The van der Waals surface area contributed by atoms with Gasteiger partial charge in [0.05, 0.1) is 0 Å². The van der Waals surface area contributed by atoms with Gasteiger partial charge in [-0.25, -0.2) is 8.42 Å². The Morgan fingerprint density at radius 2 is 2.20 bits per heavy atom. The van der Waals surface area contributed by atoms with Crippen LogP contribution in [0.1, 0.15) is 0 Å². The van der Waals surface area contributed by atoms with Gasteiger partial charge in [-0.15, -0.1) is 12.6 Å². The summed E-state index contributed by atoms with van der Waals surface area (Å²) in [5, 5.41) is 0.222. The van der Waals surface area contributed by atoms with Crippen LogP contribution in [-0.4, -0.2) is 8.42 Å². The highest BCUT2D eigenvalue weighted by atomic mass is 35.7. The van der Waals surface area contributed by atoms with E-state index in [1.54, 1.807) is 0 Å². The topological polar surface area (TPSA) is 47.3 Å². The van der Waals surface area contributed by atoms with Crippen molar-refractivity contribution in [3.8, 4) is 0 Å². The molecule has 0 amide bonds. The zero-order chi connectivity index (χ0) is 7.78. The van der Waals surface area contributed by atoms with Crippen LogP contribution in [0.2, 0.25) is 0 Å². The van der Waals surface area contributed by atoms with Gasteiger partial charge in [0, 0.05) is 16.7 Å². The van der Waals surface area contributed by atoms with E-state index in [9.17, 15) is 8.42 Å². The van der Waals surface area contributed by atoms with Crippen LogP contribution in [0, 0.1) is 0 Å². The molecule has 1 rings (SSSR count). The highest BCUT2D eigenvalue weighted by Gasteiger charge is 2.11. The van der Waals surface area contributed by atoms with E-state index in [2.05, 4.69) is 17.0 Å². The van der Waals surface area contributed by atoms with Crippen molar-refractivity contribution in [3.63, 3.8) is 0 Å². The molecule has 1 aromatic rings. The Morgan fingerprint density at radius 3 is 2.40 bits per heavy atom. The molecule has 0 N–H and O–H groups in total. The summed E-state index contributed by atoms with van der Waals surface area (Å²) in [5.41, 5.74) is 0. The van der Waals surface area contributed by atoms with Gasteiger partial charge in [0.2, 0.25) is 0 Å². The van der Waals surface area contributed by atoms with Gasteiger partial charge in [-0.3, -0.25) is 0 Å².